The van der Waals surface area contributed by atoms with Crippen molar-refractivity contribution in [1.82, 2.24) is 5.32 Å². The van der Waals surface area contributed by atoms with Gasteiger partial charge in [0.05, 0.1) is 36.2 Å². The first-order valence-electron chi connectivity index (χ1n) is 9.61. The van der Waals surface area contributed by atoms with Crippen LogP contribution in [0.2, 0.25) is 0 Å². The van der Waals surface area contributed by atoms with E-state index in [-0.39, 0.29) is 30.0 Å². The van der Waals surface area contributed by atoms with Gasteiger partial charge in [-0.3, -0.25) is 9.10 Å². The molecular weight excluding hydrogens is 441 g/mol. The second-order valence-electron chi connectivity index (χ2n) is 7.29. The highest BCUT2D eigenvalue weighted by Gasteiger charge is 2.21. The van der Waals surface area contributed by atoms with E-state index >= 15 is 0 Å². The maximum Gasteiger partial charge on any atom is 0.338 e. The van der Waals surface area contributed by atoms with Crippen molar-refractivity contribution >= 4 is 27.6 Å². The van der Waals surface area contributed by atoms with Gasteiger partial charge in [-0.1, -0.05) is 12.1 Å². The zero-order valence-corrected chi connectivity index (χ0v) is 18.7. The van der Waals surface area contributed by atoms with E-state index in [0.717, 1.165) is 10.6 Å². The summed E-state index contributed by atoms with van der Waals surface area (Å²) >= 11 is 0. The highest BCUT2D eigenvalue weighted by atomic mass is 32.2. The Morgan fingerprint density at radius 1 is 1.19 bits per heavy atom. The van der Waals surface area contributed by atoms with Crippen molar-refractivity contribution in [3.8, 4) is 0 Å². The molecule has 2 atom stereocenters. The summed E-state index contributed by atoms with van der Waals surface area (Å²) in [5.41, 5.74) is 6.21. The number of ether oxygens (including phenoxy) is 1. The van der Waals surface area contributed by atoms with Crippen LogP contribution in [0.15, 0.2) is 42.5 Å². The van der Waals surface area contributed by atoms with E-state index in [1.165, 1.54) is 49.5 Å². The summed E-state index contributed by atoms with van der Waals surface area (Å²) in [7, 11) is -2.40. The second-order valence-corrected chi connectivity index (χ2v) is 9.30. The molecule has 0 bridgehead atoms. The molecule has 0 saturated heterocycles. The molecule has 1 unspecified atom stereocenters. The van der Waals surface area contributed by atoms with Gasteiger partial charge >= 0.3 is 5.97 Å². The molecule has 32 heavy (non-hydrogen) atoms. The van der Waals surface area contributed by atoms with Crippen molar-refractivity contribution in [3.05, 3.63) is 65.0 Å². The fourth-order valence-corrected chi connectivity index (χ4v) is 3.16. The molecule has 0 aliphatic carbocycles. The van der Waals surface area contributed by atoms with Crippen LogP contribution in [0.1, 0.15) is 39.2 Å². The fourth-order valence-electron chi connectivity index (χ4n) is 2.67. The third-order valence-electron chi connectivity index (χ3n) is 4.66. The van der Waals surface area contributed by atoms with Gasteiger partial charge in [-0.05, 0) is 42.8 Å². The fraction of sp³-hybridized carbons (Fsp3) is 0.333. The molecule has 4 N–H and O–H groups in total. The average molecular weight is 468 g/mol. The Kier molecular flexibility index (Phi) is 8.31. The van der Waals surface area contributed by atoms with E-state index < -0.39 is 39.8 Å². The summed E-state index contributed by atoms with van der Waals surface area (Å²) in [6.07, 6.45) is 0.981. The number of benzene rings is 2. The third-order valence-corrected chi connectivity index (χ3v) is 5.86. The molecule has 0 saturated carbocycles. The molecule has 0 aliphatic heterocycles. The standard InChI is InChI=1S/C21H26FN3O6S/c1-13(14-4-6-17(22)7-5-14)24-20(27)15-8-16(21(28)31-12-18(23)11-26)10-19(9-15)25(2)32(3,29)30/h4-10,13,18,26H,11-12,23H2,1-3H3,(H,24,27)/t13-,18?/m1/s1. The van der Waals surface area contributed by atoms with Gasteiger partial charge < -0.3 is 20.9 Å². The van der Waals surface area contributed by atoms with Crippen LogP contribution < -0.4 is 15.4 Å². The van der Waals surface area contributed by atoms with Crippen molar-refractivity contribution in [2.75, 3.05) is 30.8 Å². The summed E-state index contributed by atoms with van der Waals surface area (Å²) < 4.78 is 43.0. The number of nitrogens with one attached hydrogen (secondary N) is 1. The first-order valence-corrected chi connectivity index (χ1v) is 11.5. The number of amides is 1. The van der Waals surface area contributed by atoms with Crippen LogP contribution in [0.5, 0.6) is 0 Å². The Morgan fingerprint density at radius 2 is 1.78 bits per heavy atom. The molecule has 0 heterocycles. The lowest BCUT2D eigenvalue weighted by atomic mass is 10.1. The lowest BCUT2D eigenvalue weighted by molar-refractivity contribution is 0.0454. The topological polar surface area (TPSA) is 139 Å². The minimum Gasteiger partial charge on any atom is -0.460 e. The molecule has 2 aromatic rings. The Balaban J connectivity index is 2.35. The van der Waals surface area contributed by atoms with Crippen LogP contribution in [-0.4, -0.2) is 58.0 Å². The molecule has 0 spiro atoms. The molecule has 2 rings (SSSR count). The monoisotopic (exact) mass is 467 g/mol. The molecule has 0 aromatic heterocycles. The van der Waals surface area contributed by atoms with E-state index in [1.807, 2.05) is 0 Å². The molecular formula is C21H26FN3O6S. The Hall–Kier alpha value is -3.02. The van der Waals surface area contributed by atoms with Crippen molar-refractivity contribution < 1.29 is 32.2 Å². The van der Waals surface area contributed by atoms with Crippen molar-refractivity contribution in [1.29, 1.82) is 0 Å². The molecule has 1 amide bonds. The lowest BCUT2D eigenvalue weighted by Gasteiger charge is -2.20. The van der Waals surface area contributed by atoms with Crippen molar-refractivity contribution in [2.24, 2.45) is 5.73 Å². The maximum absolute atomic E-state index is 13.1. The number of hydrogen-bond acceptors (Lipinski definition) is 7. The average Bonchev–Trinajstić information content (AvgIpc) is 2.75. The lowest BCUT2D eigenvalue weighted by Crippen LogP contribution is -2.31. The first kappa shape index (κ1) is 25.2. The minimum absolute atomic E-state index is 0.0189. The van der Waals surface area contributed by atoms with Gasteiger partial charge in [0.15, 0.2) is 0 Å². The number of carbonyl (C=O) groups excluding carboxylic acids is 2. The van der Waals surface area contributed by atoms with Crippen LogP contribution in [0.3, 0.4) is 0 Å². The number of hydrogen-bond donors (Lipinski definition) is 3. The predicted octanol–water partition coefficient (Wildman–Crippen LogP) is 1.19. The van der Waals surface area contributed by atoms with Crippen molar-refractivity contribution in [2.45, 2.75) is 19.0 Å². The summed E-state index contributed by atoms with van der Waals surface area (Å²) in [6.45, 7) is 1.05. The van der Waals surface area contributed by atoms with Gasteiger partial charge in [0, 0.05) is 12.6 Å². The SMILES string of the molecule is C[C@@H](NC(=O)c1cc(C(=O)OCC(N)CO)cc(N(C)S(C)(=O)=O)c1)c1ccc(F)cc1. The summed E-state index contributed by atoms with van der Waals surface area (Å²) in [4.78, 5) is 25.3. The number of aliphatic hydroxyl groups excluding tert-OH is 1. The van der Waals surface area contributed by atoms with Crippen LogP contribution in [-0.2, 0) is 14.8 Å². The molecule has 2 aromatic carbocycles. The number of rotatable bonds is 9. The van der Waals surface area contributed by atoms with E-state index in [2.05, 4.69) is 5.32 Å². The molecule has 0 aliphatic rings. The summed E-state index contributed by atoms with van der Waals surface area (Å²) in [5.74, 6) is -1.82. The van der Waals surface area contributed by atoms with Crippen LogP contribution in [0.4, 0.5) is 10.1 Å². The Bertz CT molecular complexity index is 1080. The maximum atomic E-state index is 13.1. The van der Waals surface area contributed by atoms with Gasteiger partial charge in [-0.15, -0.1) is 0 Å². The zero-order valence-electron chi connectivity index (χ0n) is 17.9. The molecule has 0 radical (unpaired) electrons. The smallest absolute Gasteiger partial charge is 0.338 e. The largest absolute Gasteiger partial charge is 0.460 e. The Labute approximate surface area is 186 Å². The number of aliphatic hydroxyl groups is 1. The number of nitrogens with zero attached hydrogens (tertiary/aromatic N) is 1. The van der Waals surface area contributed by atoms with E-state index in [9.17, 15) is 22.4 Å². The molecule has 0 fully saturated rings. The number of sulfonamides is 1. The first-order chi connectivity index (χ1) is 14.9. The quantitative estimate of drug-likeness (QED) is 0.471. The van der Waals surface area contributed by atoms with Gasteiger partial charge in [0.2, 0.25) is 10.0 Å². The number of carbonyl (C=O) groups is 2. The number of esters is 1. The van der Waals surface area contributed by atoms with Crippen molar-refractivity contribution in [3.63, 3.8) is 0 Å². The van der Waals surface area contributed by atoms with Crippen LogP contribution >= 0.6 is 0 Å². The van der Waals surface area contributed by atoms with Gasteiger partial charge in [-0.2, -0.15) is 0 Å². The van der Waals surface area contributed by atoms with E-state index in [4.69, 9.17) is 15.6 Å². The zero-order chi connectivity index (χ0) is 24.1. The van der Waals surface area contributed by atoms with E-state index in [0.29, 0.717) is 5.56 Å². The third kappa shape index (κ3) is 6.74. The van der Waals surface area contributed by atoms with E-state index in [1.54, 1.807) is 6.92 Å². The highest BCUT2D eigenvalue weighted by Crippen LogP contribution is 2.22. The summed E-state index contributed by atoms with van der Waals surface area (Å²) in [5, 5.41) is 11.7. The predicted molar refractivity (Wildman–Crippen MR) is 117 cm³/mol. The Morgan fingerprint density at radius 3 is 2.34 bits per heavy atom. The van der Waals surface area contributed by atoms with Gasteiger partial charge in [0.1, 0.15) is 12.4 Å². The molecule has 11 heteroatoms. The van der Waals surface area contributed by atoms with Gasteiger partial charge in [-0.25, -0.2) is 17.6 Å². The normalized spacial score (nSPS) is 13.2. The highest BCUT2D eigenvalue weighted by molar-refractivity contribution is 7.92. The summed E-state index contributed by atoms with van der Waals surface area (Å²) in [6, 6.07) is 8.19. The molecule has 9 nitrogen and oxygen atoms in total. The minimum atomic E-state index is -3.68. The number of nitrogens with two attached hydrogens (primary N) is 1. The van der Waals surface area contributed by atoms with Crippen LogP contribution in [0.25, 0.3) is 0 Å². The van der Waals surface area contributed by atoms with Crippen LogP contribution in [0, 0.1) is 5.82 Å². The molecule has 174 valence electrons. The number of halogens is 1. The number of anilines is 1. The second kappa shape index (κ2) is 10.5. The van der Waals surface area contributed by atoms with Gasteiger partial charge in [0.25, 0.3) is 5.91 Å².